The zero-order valence-corrected chi connectivity index (χ0v) is 10.2. The van der Waals surface area contributed by atoms with Gasteiger partial charge >= 0.3 is 0 Å². The lowest BCUT2D eigenvalue weighted by Crippen LogP contribution is -2.44. The Balaban J connectivity index is 2.36. The van der Waals surface area contributed by atoms with Gasteiger partial charge in [-0.2, -0.15) is 4.98 Å². The summed E-state index contributed by atoms with van der Waals surface area (Å²) in [7, 11) is -3.28. The fourth-order valence-corrected chi connectivity index (χ4v) is 3.20. The van der Waals surface area contributed by atoms with Crippen LogP contribution in [0.15, 0.2) is 4.52 Å². The SMILES string of the molecule is Cc1nc(C2(NS(C)(=O)=O)CCCC2)no1. The van der Waals surface area contributed by atoms with Crippen LogP contribution < -0.4 is 4.72 Å². The molecule has 16 heavy (non-hydrogen) atoms. The van der Waals surface area contributed by atoms with Crippen LogP contribution in [0.3, 0.4) is 0 Å². The molecule has 90 valence electrons. The molecule has 6 nitrogen and oxygen atoms in total. The molecule has 1 N–H and O–H groups in total. The van der Waals surface area contributed by atoms with Crippen LogP contribution in [-0.2, 0) is 15.6 Å². The first-order chi connectivity index (χ1) is 7.41. The summed E-state index contributed by atoms with van der Waals surface area (Å²) >= 11 is 0. The van der Waals surface area contributed by atoms with Crippen molar-refractivity contribution < 1.29 is 12.9 Å². The zero-order valence-electron chi connectivity index (χ0n) is 9.36. The summed E-state index contributed by atoms with van der Waals surface area (Å²) in [6.45, 7) is 1.69. The molecule has 1 saturated carbocycles. The average Bonchev–Trinajstić information content (AvgIpc) is 2.72. The van der Waals surface area contributed by atoms with Crippen molar-refractivity contribution in [2.24, 2.45) is 0 Å². The molecule has 7 heteroatoms. The molecule has 0 atom stereocenters. The number of hydrogen-bond acceptors (Lipinski definition) is 5. The standard InChI is InChI=1S/C9H15N3O3S/c1-7-10-8(11-15-7)9(5-3-4-6-9)12-16(2,13)14/h12H,3-6H2,1-2H3. The van der Waals surface area contributed by atoms with E-state index in [1.54, 1.807) is 6.92 Å². The van der Waals surface area contributed by atoms with Crippen LogP contribution in [0.1, 0.15) is 37.4 Å². The monoisotopic (exact) mass is 245 g/mol. The highest BCUT2D eigenvalue weighted by molar-refractivity contribution is 7.88. The molecule has 0 radical (unpaired) electrons. The molecule has 0 amide bonds. The Bertz CT molecular complexity index is 474. The lowest BCUT2D eigenvalue weighted by Gasteiger charge is -2.25. The van der Waals surface area contributed by atoms with Gasteiger partial charge in [-0.3, -0.25) is 0 Å². The van der Waals surface area contributed by atoms with E-state index in [1.807, 2.05) is 0 Å². The molecule has 1 aromatic heterocycles. The third kappa shape index (κ3) is 2.25. The predicted octanol–water partition coefficient (Wildman–Crippen LogP) is 0.697. The minimum absolute atomic E-state index is 0.452. The molecule has 1 fully saturated rings. The molecule has 2 rings (SSSR count). The van der Waals surface area contributed by atoms with Crippen molar-refractivity contribution in [2.45, 2.75) is 38.1 Å². The second-order valence-electron chi connectivity index (χ2n) is 4.30. The van der Waals surface area contributed by atoms with Gasteiger partial charge in [0.1, 0.15) is 0 Å². The number of nitrogens with one attached hydrogen (secondary N) is 1. The van der Waals surface area contributed by atoms with Crippen molar-refractivity contribution in [3.63, 3.8) is 0 Å². The zero-order chi connectivity index (χ0) is 11.8. The molecule has 0 spiro atoms. The minimum atomic E-state index is -3.28. The second kappa shape index (κ2) is 3.81. The molecule has 0 aliphatic heterocycles. The number of rotatable bonds is 3. The van der Waals surface area contributed by atoms with E-state index in [9.17, 15) is 8.42 Å². The van der Waals surface area contributed by atoms with Crippen molar-refractivity contribution in [1.82, 2.24) is 14.9 Å². The minimum Gasteiger partial charge on any atom is -0.340 e. The van der Waals surface area contributed by atoms with Crippen LogP contribution in [0.5, 0.6) is 0 Å². The second-order valence-corrected chi connectivity index (χ2v) is 6.05. The summed E-state index contributed by atoms with van der Waals surface area (Å²) in [6, 6.07) is 0. The molecule has 1 heterocycles. The van der Waals surface area contributed by atoms with E-state index in [1.165, 1.54) is 0 Å². The Labute approximate surface area is 94.5 Å². The first-order valence-corrected chi connectivity index (χ1v) is 7.10. The highest BCUT2D eigenvalue weighted by Gasteiger charge is 2.42. The van der Waals surface area contributed by atoms with E-state index in [-0.39, 0.29) is 0 Å². The van der Waals surface area contributed by atoms with E-state index in [4.69, 9.17) is 4.52 Å². The highest BCUT2D eigenvalue weighted by Crippen LogP contribution is 2.37. The normalized spacial score (nSPS) is 20.1. The van der Waals surface area contributed by atoms with Crippen LogP contribution in [-0.4, -0.2) is 24.8 Å². The summed E-state index contributed by atoms with van der Waals surface area (Å²) < 4.78 is 30.3. The van der Waals surface area contributed by atoms with Crippen molar-refractivity contribution >= 4 is 10.0 Å². The third-order valence-electron chi connectivity index (χ3n) is 2.79. The maximum Gasteiger partial charge on any atom is 0.223 e. The Hall–Kier alpha value is -0.950. The fourth-order valence-electron chi connectivity index (χ4n) is 2.20. The summed E-state index contributed by atoms with van der Waals surface area (Å²) in [4.78, 5) is 4.14. The van der Waals surface area contributed by atoms with Gasteiger partial charge in [-0.25, -0.2) is 13.1 Å². The summed E-state index contributed by atoms with van der Waals surface area (Å²) in [5.74, 6) is 0.907. The lowest BCUT2D eigenvalue weighted by molar-refractivity contribution is 0.338. The maximum absolute atomic E-state index is 11.4. The largest absolute Gasteiger partial charge is 0.340 e. The molecular weight excluding hydrogens is 230 g/mol. The first kappa shape index (κ1) is 11.5. The molecule has 0 aromatic carbocycles. The fraction of sp³-hybridized carbons (Fsp3) is 0.778. The van der Waals surface area contributed by atoms with Crippen molar-refractivity contribution in [3.8, 4) is 0 Å². The van der Waals surface area contributed by atoms with Crippen molar-refractivity contribution in [2.75, 3.05) is 6.26 Å². The van der Waals surface area contributed by atoms with Gasteiger partial charge in [0, 0.05) is 6.92 Å². The van der Waals surface area contributed by atoms with Gasteiger partial charge in [0.25, 0.3) is 0 Å². The molecule has 0 unspecified atom stereocenters. The van der Waals surface area contributed by atoms with Crippen molar-refractivity contribution in [3.05, 3.63) is 11.7 Å². The van der Waals surface area contributed by atoms with Crippen LogP contribution in [0.4, 0.5) is 0 Å². The Morgan fingerprint density at radius 2 is 2.00 bits per heavy atom. The third-order valence-corrected chi connectivity index (χ3v) is 3.56. The Kier molecular flexibility index (Phi) is 2.75. The van der Waals surface area contributed by atoms with Gasteiger partial charge in [-0.05, 0) is 12.8 Å². The number of aromatic nitrogens is 2. The van der Waals surface area contributed by atoms with Gasteiger partial charge in [0.2, 0.25) is 15.9 Å². The number of sulfonamides is 1. The molecule has 0 saturated heterocycles. The number of aryl methyl sites for hydroxylation is 1. The quantitative estimate of drug-likeness (QED) is 0.847. The van der Waals surface area contributed by atoms with Gasteiger partial charge in [-0.1, -0.05) is 18.0 Å². The van der Waals surface area contributed by atoms with Crippen LogP contribution in [0.25, 0.3) is 0 Å². The molecular formula is C9H15N3O3S. The van der Waals surface area contributed by atoms with E-state index >= 15 is 0 Å². The van der Waals surface area contributed by atoms with Crippen LogP contribution >= 0.6 is 0 Å². The first-order valence-electron chi connectivity index (χ1n) is 5.21. The van der Waals surface area contributed by atoms with Gasteiger partial charge in [0.05, 0.1) is 11.8 Å². The van der Waals surface area contributed by atoms with E-state index in [0.717, 1.165) is 31.9 Å². The van der Waals surface area contributed by atoms with E-state index in [2.05, 4.69) is 14.9 Å². The predicted molar refractivity (Wildman–Crippen MR) is 57.2 cm³/mol. The molecule has 1 aliphatic carbocycles. The van der Waals surface area contributed by atoms with Crippen LogP contribution in [0, 0.1) is 6.92 Å². The van der Waals surface area contributed by atoms with Gasteiger partial charge in [0.15, 0.2) is 5.82 Å². The van der Waals surface area contributed by atoms with Crippen molar-refractivity contribution in [1.29, 1.82) is 0 Å². The smallest absolute Gasteiger partial charge is 0.223 e. The number of nitrogens with zero attached hydrogens (tertiary/aromatic N) is 2. The van der Waals surface area contributed by atoms with E-state index in [0.29, 0.717) is 11.7 Å². The summed E-state index contributed by atoms with van der Waals surface area (Å²) in [5, 5.41) is 3.84. The molecule has 0 bridgehead atoms. The summed E-state index contributed by atoms with van der Waals surface area (Å²) in [5.41, 5.74) is -0.661. The summed E-state index contributed by atoms with van der Waals surface area (Å²) in [6.07, 6.45) is 4.53. The topological polar surface area (TPSA) is 85.1 Å². The lowest BCUT2D eigenvalue weighted by atomic mass is 9.99. The molecule has 1 aromatic rings. The van der Waals surface area contributed by atoms with Gasteiger partial charge in [-0.15, -0.1) is 0 Å². The van der Waals surface area contributed by atoms with Gasteiger partial charge < -0.3 is 4.52 Å². The average molecular weight is 245 g/mol. The molecule has 1 aliphatic rings. The van der Waals surface area contributed by atoms with Crippen LogP contribution in [0.2, 0.25) is 0 Å². The highest BCUT2D eigenvalue weighted by atomic mass is 32.2. The Morgan fingerprint density at radius 3 is 2.44 bits per heavy atom. The Morgan fingerprint density at radius 1 is 1.38 bits per heavy atom. The maximum atomic E-state index is 11.4. The number of hydrogen-bond donors (Lipinski definition) is 1. The van der Waals surface area contributed by atoms with E-state index < -0.39 is 15.6 Å².